The van der Waals surface area contributed by atoms with Gasteiger partial charge in [-0.25, -0.2) is 8.78 Å². The number of ketones is 1. The molecule has 1 aromatic rings. The lowest BCUT2D eigenvalue weighted by molar-refractivity contribution is -0.0963. The molecule has 0 aliphatic rings. The summed E-state index contributed by atoms with van der Waals surface area (Å²) in [6.45, 7) is 3.11. The molecule has 1 aromatic heterocycles. The normalized spacial score (nSPS) is 12.5. The van der Waals surface area contributed by atoms with Crippen LogP contribution < -0.4 is 0 Å². The smallest absolute Gasteiger partial charge is 0.285 e. The van der Waals surface area contributed by atoms with E-state index in [0.717, 1.165) is 10.9 Å². The first-order valence-electron chi connectivity index (χ1n) is 4.63. The Hall–Kier alpha value is -1.11. The molecule has 17 heavy (non-hydrogen) atoms. The van der Waals surface area contributed by atoms with Crippen LogP contribution in [0.3, 0.4) is 0 Å². The van der Waals surface area contributed by atoms with Gasteiger partial charge in [-0.15, -0.1) is 0 Å². The lowest BCUT2D eigenvalue weighted by Crippen LogP contribution is -2.38. The zero-order valence-electron chi connectivity index (χ0n) is 8.92. The Morgan fingerprint density at radius 2 is 2.00 bits per heavy atom. The number of Topliss-reactive ketones (excluding diaryl/α,β-unsaturated/α-hetero) is 1. The molecule has 1 rings (SSSR count). The molecule has 1 heterocycles. The van der Waals surface area contributed by atoms with Crippen LogP contribution in [0.15, 0.2) is 6.20 Å². The molecule has 0 spiro atoms. The fourth-order valence-corrected chi connectivity index (χ4v) is 1.42. The molecule has 0 saturated heterocycles. The van der Waals surface area contributed by atoms with Crippen LogP contribution in [0.2, 0.25) is 5.02 Å². The molecule has 0 aliphatic carbocycles. The quantitative estimate of drug-likeness (QED) is 0.623. The predicted molar refractivity (Wildman–Crippen MR) is 52.9 cm³/mol. The monoisotopic (exact) mass is 272 g/mol. The number of alkyl halides is 4. The standard InChI is InChI=1S/C9H9ClF4N2O/c1-4(2)16-6(5(10)3-15-16)7(17)9(13,14)8(11)12/h3-4,8H,1-2H3. The second-order valence-electron chi connectivity index (χ2n) is 3.63. The summed E-state index contributed by atoms with van der Waals surface area (Å²) in [5.41, 5.74) is -0.702. The van der Waals surface area contributed by atoms with Crippen molar-refractivity contribution < 1.29 is 22.4 Å². The fraction of sp³-hybridized carbons (Fsp3) is 0.556. The Kier molecular flexibility index (Phi) is 3.81. The maximum absolute atomic E-state index is 12.9. The number of carbonyl (C=O) groups is 1. The van der Waals surface area contributed by atoms with E-state index in [9.17, 15) is 22.4 Å². The zero-order chi connectivity index (χ0) is 13.4. The van der Waals surface area contributed by atoms with Gasteiger partial charge in [0.05, 0.1) is 11.2 Å². The van der Waals surface area contributed by atoms with Gasteiger partial charge >= 0.3 is 12.3 Å². The van der Waals surface area contributed by atoms with Crippen molar-refractivity contribution in [1.29, 1.82) is 0 Å². The Morgan fingerprint density at radius 3 is 2.41 bits per heavy atom. The van der Waals surface area contributed by atoms with Gasteiger partial charge in [-0.3, -0.25) is 9.48 Å². The molecule has 3 nitrogen and oxygen atoms in total. The van der Waals surface area contributed by atoms with Crippen LogP contribution >= 0.6 is 11.6 Å². The highest BCUT2D eigenvalue weighted by atomic mass is 35.5. The van der Waals surface area contributed by atoms with Gasteiger partial charge in [0.2, 0.25) is 0 Å². The van der Waals surface area contributed by atoms with Crippen LogP contribution in [0, 0.1) is 0 Å². The summed E-state index contributed by atoms with van der Waals surface area (Å²) in [6.07, 6.45) is -3.11. The van der Waals surface area contributed by atoms with Gasteiger partial charge in [-0.1, -0.05) is 11.6 Å². The molecular formula is C9H9ClF4N2O. The molecule has 0 radical (unpaired) electrons. The predicted octanol–water partition coefficient (Wildman–Crippen LogP) is 3.20. The maximum Gasteiger partial charge on any atom is 0.370 e. The third-order valence-corrected chi connectivity index (χ3v) is 2.31. The topological polar surface area (TPSA) is 34.9 Å². The summed E-state index contributed by atoms with van der Waals surface area (Å²) in [4.78, 5) is 11.3. The molecule has 0 aromatic carbocycles. The third kappa shape index (κ3) is 2.43. The Morgan fingerprint density at radius 1 is 1.47 bits per heavy atom. The van der Waals surface area contributed by atoms with E-state index in [0.29, 0.717) is 0 Å². The van der Waals surface area contributed by atoms with Gasteiger partial charge in [0, 0.05) is 6.04 Å². The van der Waals surface area contributed by atoms with Gasteiger partial charge in [0.1, 0.15) is 5.69 Å². The largest absolute Gasteiger partial charge is 0.370 e. The van der Waals surface area contributed by atoms with E-state index in [1.54, 1.807) is 13.8 Å². The van der Waals surface area contributed by atoms with Crippen LogP contribution in [-0.4, -0.2) is 27.9 Å². The SMILES string of the molecule is CC(C)n1ncc(Cl)c1C(=O)C(F)(F)C(F)F. The number of hydrogen-bond acceptors (Lipinski definition) is 2. The molecule has 0 saturated carbocycles. The number of carbonyl (C=O) groups excluding carboxylic acids is 1. The fourth-order valence-electron chi connectivity index (χ4n) is 1.20. The molecule has 0 N–H and O–H groups in total. The van der Waals surface area contributed by atoms with E-state index in [1.807, 2.05) is 0 Å². The summed E-state index contributed by atoms with van der Waals surface area (Å²) in [5, 5.41) is 3.22. The van der Waals surface area contributed by atoms with E-state index in [4.69, 9.17) is 11.6 Å². The highest BCUT2D eigenvalue weighted by Crippen LogP contribution is 2.31. The molecule has 0 fully saturated rings. The van der Waals surface area contributed by atoms with Gasteiger partial charge in [-0.05, 0) is 13.8 Å². The van der Waals surface area contributed by atoms with Gasteiger partial charge in [0.25, 0.3) is 5.78 Å². The molecule has 0 unspecified atom stereocenters. The van der Waals surface area contributed by atoms with E-state index >= 15 is 0 Å². The van der Waals surface area contributed by atoms with E-state index in [1.165, 1.54) is 0 Å². The highest BCUT2D eigenvalue weighted by molar-refractivity contribution is 6.34. The highest BCUT2D eigenvalue weighted by Gasteiger charge is 2.51. The first-order valence-corrected chi connectivity index (χ1v) is 5.01. The van der Waals surface area contributed by atoms with Crippen molar-refractivity contribution in [3.63, 3.8) is 0 Å². The van der Waals surface area contributed by atoms with Crippen molar-refractivity contribution in [2.45, 2.75) is 32.2 Å². The van der Waals surface area contributed by atoms with Crippen LogP contribution in [0.5, 0.6) is 0 Å². The van der Waals surface area contributed by atoms with Crippen molar-refractivity contribution in [2.24, 2.45) is 0 Å². The minimum Gasteiger partial charge on any atom is -0.285 e. The Balaban J connectivity index is 3.25. The minimum absolute atomic E-state index is 0.371. The number of halogens is 5. The van der Waals surface area contributed by atoms with Crippen LogP contribution in [-0.2, 0) is 0 Å². The van der Waals surface area contributed by atoms with Crippen LogP contribution in [0.4, 0.5) is 17.6 Å². The first-order chi connectivity index (χ1) is 7.69. The van der Waals surface area contributed by atoms with Crippen molar-refractivity contribution in [3.8, 4) is 0 Å². The summed E-state index contributed by atoms with van der Waals surface area (Å²) in [6, 6.07) is -0.449. The van der Waals surface area contributed by atoms with Crippen molar-refractivity contribution in [2.75, 3.05) is 0 Å². The third-order valence-electron chi connectivity index (χ3n) is 2.03. The average molecular weight is 273 g/mol. The second kappa shape index (κ2) is 4.64. The molecule has 0 atom stereocenters. The van der Waals surface area contributed by atoms with E-state index in [2.05, 4.69) is 5.10 Å². The first kappa shape index (κ1) is 14.0. The Bertz CT molecular complexity index is 431. The number of aromatic nitrogens is 2. The van der Waals surface area contributed by atoms with Gasteiger partial charge < -0.3 is 0 Å². The average Bonchev–Trinajstić information content (AvgIpc) is 2.58. The molecule has 0 amide bonds. The van der Waals surface area contributed by atoms with Crippen molar-refractivity contribution in [1.82, 2.24) is 9.78 Å². The van der Waals surface area contributed by atoms with E-state index in [-0.39, 0.29) is 5.02 Å². The summed E-state index contributed by atoms with van der Waals surface area (Å²) < 4.78 is 50.9. The second-order valence-corrected chi connectivity index (χ2v) is 4.04. The van der Waals surface area contributed by atoms with Gasteiger partial charge in [-0.2, -0.15) is 13.9 Å². The Labute approximate surface area is 99.4 Å². The molecule has 96 valence electrons. The van der Waals surface area contributed by atoms with E-state index < -0.39 is 29.9 Å². The summed E-state index contributed by atoms with van der Waals surface area (Å²) >= 11 is 5.51. The number of rotatable bonds is 4. The maximum atomic E-state index is 12.9. The van der Waals surface area contributed by atoms with Crippen molar-refractivity contribution in [3.05, 3.63) is 16.9 Å². The zero-order valence-corrected chi connectivity index (χ0v) is 9.68. The molecule has 0 aliphatic heterocycles. The van der Waals surface area contributed by atoms with Crippen LogP contribution in [0.25, 0.3) is 0 Å². The van der Waals surface area contributed by atoms with Gasteiger partial charge in [0.15, 0.2) is 0 Å². The van der Waals surface area contributed by atoms with Crippen LogP contribution in [0.1, 0.15) is 30.4 Å². The minimum atomic E-state index is -4.77. The van der Waals surface area contributed by atoms with Crippen molar-refractivity contribution >= 4 is 17.4 Å². The molecular weight excluding hydrogens is 264 g/mol. The summed E-state index contributed by atoms with van der Waals surface area (Å²) in [5.74, 6) is -6.79. The number of nitrogens with zero attached hydrogens (tertiary/aromatic N) is 2. The number of hydrogen-bond donors (Lipinski definition) is 0. The summed E-state index contributed by atoms with van der Waals surface area (Å²) in [7, 11) is 0. The lowest BCUT2D eigenvalue weighted by atomic mass is 10.1. The molecule has 0 bridgehead atoms. The molecule has 8 heteroatoms. The lowest BCUT2D eigenvalue weighted by Gasteiger charge is -2.16.